The van der Waals surface area contributed by atoms with E-state index in [1.807, 2.05) is 30.3 Å². The third-order valence-electron chi connectivity index (χ3n) is 4.63. The zero-order valence-electron chi connectivity index (χ0n) is 18.5. The second-order valence-corrected chi connectivity index (χ2v) is 9.25. The molecule has 0 saturated heterocycles. The number of rotatable bonds is 8. The molecular formula is C24H25N3O5S. The standard InChI is InChI=1S/C24H25N3O5S/c1-17(24(29)26-20-11-9-19(10-12-20)25-18(2)28)27(33(3,30)31)21-13-15-23(16-14-21)32-22-7-5-4-6-8-22/h4-17H,1-3H3,(H,25,28)(H,26,29)/t17-/m1/s1. The number of hydrogen-bond acceptors (Lipinski definition) is 5. The molecule has 3 rings (SSSR count). The van der Waals surface area contributed by atoms with Crippen LogP contribution in [0.5, 0.6) is 11.5 Å². The van der Waals surface area contributed by atoms with E-state index in [4.69, 9.17) is 4.74 Å². The number of ether oxygens (including phenoxy) is 1. The lowest BCUT2D eigenvalue weighted by atomic mass is 10.2. The molecule has 172 valence electrons. The lowest BCUT2D eigenvalue weighted by molar-refractivity contribution is -0.117. The summed E-state index contributed by atoms with van der Waals surface area (Å²) >= 11 is 0. The zero-order valence-corrected chi connectivity index (χ0v) is 19.3. The predicted molar refractivity (Wildman–Crippen MR) is 129 cm³/mol. The Morgan fingerprint density at radius 2 is 1.33 bits per heavy atom. The molecule has 8 nitrogen and oxygen atoms in total. The average molecular weight is 468 g/mol. The molecule has 0 aromatic heterocycles. The highest BCUT2D eigenvalue weighted by Crippen LogP contribution is 2.27. The van der Waals surface area contributed by atoms with Gasteiger partial charge in [0.1, 0.15) is 17.5 Å². The Bertz CT molecular complexity index is 1210. The number of nitrogens with one attached hydrogen (secondary N) is 2. The first kappa shape index (κ1) is 23.8. The highest BCUT2D eigenvalue weighted by Gasteiger charge is 2.29. The summed E-state index contributed by atoms with van der Waals surface area (Å²) in [4.78, 5) is 24.0. The molecule has 0 saturated carbocycles. The van der Waals surface area contributed by atoms with E-state index >= 15 is 0 Å². The number of benzene rings is 3. The third kappa shape index (κ3) is 6.56. The van der Waals surface area contributed by atoms with Crippen LogP contribution < -0.4 is 19.7 Å². The average Bonchev–Trinajstić information content (AvgIpc) is 2.76. The van der Waals surface area contributed by atoms with Crippen molar-refractivity contribution in [2.24, 2.45) is 0 Å². The number of para-hydroxylation sites is 1. The fraction of sp³-hybridized carbons (Fsp3) is 0.167. The molecule has 0 aliphatic heterocycles. The number of sulfonamides is 1. The Morgan fingerprint density at radius 3 is 1.85 bits per heavy atom. The molecule has 0 unspecified atom stereocenters. The summed E-state index contributed by atoms with van der Waals surface area (Å²) in [5, 5.41) is 5.34. The molecule has 2 amide bonds. The van der Waals surface area contributed by atoms with E-state index < -0.39 is 22.0 Å². The van der Waals surface area contributed by atoms with Crippen LogP contribution in [0, 0.1) is 0 Å². The molecule has 0 bridgehead atoms. The predicted octanol–water partition coefficient (Wildman–Crippen LogP) is 4.23. The van der Waals surface area contributed by atoms with Gasteiger partial charge in [-0.3, -0.25) is 13.9 Å². The van der Waals surface area contributed by atoms with E-state index in [-0.39, 0.29) is 5.91 Å². The van der Waals surface area contributed by atoms with Crippen molar-refractivity contribution < 1.29 is 22.7 Å². The van der Waals surface area contributed by atoms with Crippen LogP contribution in [0.25, 0.3) is 0 Å². The van der Waals surface area contributed by atoms with Crippen LogP contribution in [0.15, 0.2) is 78.9 Å². The van der Waals surface area contributed by atoms with Gasteiger partial charge in [0.05, 0.1) is 11.9 Å². The largest absolute Gasteiger partial charge is 0.457 e. The van der Waals surface area contributed by atoms with Crippen molar-refractivity contribution in [1.82, 2.24) is 0 Å². The maximum Gasteiger partial charge on any atom is 0.247 e. The van der Waals surface area contributed by atoms with Crippen LogP contribution in [0.1, 0.15) is 13.8 Å². The van der Waals surface area contributed by atoms with Crippen molar-refractivity contribution >= 4 is 38.9 Å². The van der Waals surface area contributed by atoms with E-state index in [0.717, 1.165) is 10.6 Å². The van der Waals surface area contributed by atoms with Crippen LogP contribution >= 0.6 is 0 Å². The summed E-state index contributed by atoms with van der Waals surface area (Å²) in [5.74, 6) is 0.485. The highest BCUT2D eigenvalue weighted by molar-refractivity contribution is 7.92. The van der Waals surface area contributed by atoms with Crippen LogP contribution in [-0.2, 0) is 19.6 Å². The molecule has 0 fully saturated rings. The van der Waals surface area contributed by atoms with E-state index in [9.17, 15) is 18.0 Å². The second kappa shape index (κ2) is 10.2. The van der Waals surface area contributed by atoms with Gasteiger partial charge in [0, 0.05) is 18.3 Å². The maximum atomic E-state index is 12.8. The molecule has 0 aliphatic rings. The minimum absolute atomic E-state index is 0.204. The molecule has 1 atom stereocenters. The number of anilines is 3. The lowest BCUT2D eigenvalue weighted by Gasteiger charge is -2.28. The monoisotopic (exact) mass is 467 g/mol. The molecule has 0 spiro atoms. The normalized spacial score (nSPS) is 11.8. The molecule has 3 aromatic rings. The number of carbonyl (C=O) groups is 2. The molecule has 0 heterocycles. The summed E-state index contributed by atoms with van der Waals surface area (Å²) in [6.45, 7) is 2.91. The molecule has 33 heavy (non-hydrogen) atoms. The van der Waals surface area contributed by atoms with Gasteiger partial charge in [0.2, 0.25) is 21.8 Å². The maximum absolute atomic E-state index is 12.8. The number of hydrogen-bond donors (Lipinski definition) is 2. The van der Waals surface area contributed by atoms with Gasteiger partial charge >= 0.3 is 0 Å². The quantitative estimate of drug-likeness (QED) is 0.516. The van der Waals surface area contributed by atoms with Crippen LogP contribution in [0.3, 0.4) is 0 Å². The summed E-state index contributed by atoms with van der Waals surface area (Å²) in [7, 11) is -3.76. The third-order valence-corrected chi connectivity index (χ3v) is 5.87. The topological polar surface area (TPSA) is 105 Å². The van der Waals surface area contributed by atoms with Crippen molar-refractivity contribution in [2.75, 3.05) is 21.2 Å². The van der Waals surface area contributed by atoms with E-state index in [1.54, 1.807) is 48.5 Å². The first-order chi connectivity index (χ1) is 15.6. The molecule has 9 heteroatoms. The van der Waals surface area contributed by atoms with Gasteiger partial charge < -0.3 is 15.4 Å². The van der Waals surface area contributed by atoms with Crippen LogP contribution in [0.4, 0.5) is 17.1 Å². The van der Waals surface area contributed by atoms with Gasteiger partial charge in [0.25, 0.3) is 0 Å². The number of nitrogens with zero attached hydrogens (tertiary/aromatic N) is 1. The Hall–Kier alpha value is -3.85. The summed E-state index contributed by atoms with van der Waals surface area (Å²) in [5.41, 5.74) is 1.40. The first-order valence-electron chi connectivity index (χ1n) is 10.1. The van der Waals surface area contributed by atoms with E-state index in [2.05, 4.69) is 10.6 Å². The van der Waals surface area contributed by atoms with Crippen LogP contribution in [0.2, 0.25) is 0 Å². The molecular weight excluding hydrogens is 442 g/mol. The fourth-order valence-corrected chi connectivity index (χ4v) is 4.36. The number of carbonyl (C=O) groups excluding carboxylic acids is 2. The van der Waals surface area contributed by atoms with Crippen molar-refractivity contribution in [3.05, 3.63) is 78.9 Å². The van der Waals surface area contributed by atoms with Crippen molar-refractivity contribution in [3.63, 3.8) is 0 Å². The van der Waals surface area contributed by atoms with Crippen molar-refractivity contribution in [3.8, 4) is 11.5 Å². The molecule has 2 N–H and O–H groups in total. The molecule has 0 radical (unpaired) electrons. The SMILES string of the molecule is CC(=O)Nc1ccc(NC(=O)[C@@H](C)N(c2ccc(Oc3ccccc3)cc2)S(C)(=O)=O)cc1. The Labute approximate surface area is 193 Å². The Morgan fingerprint density at radius 1 is 0.818 bits per heavy atom. The lowest BCUT2D eigenvalue weighted by Crippen LogP contribution is -2.45. The minimum atomic E-state index is -3.76. The Balaban J connectivity index is 1.75. The molecule has 3 aromatic carbocycles. The second-order valence-electron chi connectivity index (χ2n) is 7.39. The number of amides is 2. The summed E-state index contributed by atoms with van der Waals surface area (Å²) < 4.78 is 31.9. The van der Waals surface area contributed by atoms with Gasteiger partial charge in [-0.05, 0) is 67.6 Å². The van der Waals surface area contributed by atoms with Crippen molar-refractivity contribution in [1.29, 1.82) is 0 Å². The zero-order chi connectivity index (χ0) is 24.0. The fourth-order valence-electron chi connectivity index (χ4n) is 3.18. The van der Waals surface area contributed by atoms with E-state index in [0.29, 0.717) is 28.6 Å². The van der Waals surface area contributed by atoms with Gasteiger partial charge in [-0.25, -0.2) is 8.42 Å². The first-order valence-corrected chi connectivity index (χ1v) is 12.0. The van der Waals surface area contributed by atoms with Gasteiger partial charge in [0.15, 0.2) is 0 Å². The van der Waals surface area contributed by atoms with Gasteiger partial charge in [-0.1, -0.05) is 18.2 Å². The van der Waals surface area contributed by atoms with Crippen LogP contribution in [-0.4, -0.2) is 32.5 Å². The summed E-state index contributed by atoms with van der Waals surface area (Å²) in [6, 6.07) is 21.2. The van der Waals surface area contributed by atoms with Gasteiger partial charge in [-0.2, -0.15) is 0 Å². The Kier molecular flexibility index (Phi) is 7.34. The van der Waals surface area contributed by atoms with Crippen molar-refractivity contribution in [2.45, 2.75) is 19.9 Å². The smallest absolute Gasteiger partial charge is 0.247 e. The minimum Gasteiger partial charge on any atom is -0.457 e. The van der Waals surface area contributed by atoms with E-state index in [1.165, 1.54) is 13.8 Å². The molecule has 0 aliphatic carbocycles. The van der Waals surface area contributed by atoms with Gasteiger partial charge in [-0.15, -0.1) is 0 Å². The summed E-state index contributed by atoms with van der Waals surface area (Å²) in [6.07, 6.45) is 1.05. The highest BCUT2D eigenvalue weighted by atomic mass is 32.2.